The highest BCUT2D eigenvalue weighted by atomic mass is 32.2. The lowest BCUT2D eigenvalue weighted by atomic mass is 10.1. The monoisotopic (exact) mass is 419 g/mol. The highest BCUT2D eigenvalue weighted by Crippen LogP contribution is 2.34. The van der Waals surface area contributed by atoms with E-state index in [-0.39, 0.29) is 23.9 Å². The molecule has 0 bridgehead atoms. The maximum absolute atomic E-state index is 13.2. The Bertz CT molecular complexity index is 1000. The number of halogens is 1. The highest BCUT2D eigenvalue weighted by molar-refractivity contribution is 7.93. The average Bonchev–Trinajstić information content (AvgIpc) is 3.21. The summed E-state index contributed by atoms with van der Waals surface area (Å²) in [5, 5.41) is 3.60. The minimum Gasteiger partial charge on any atom is -0.438 e. The van der Waals surface area contributed by atoms with Gasteiger partial charge in [0.2, 0.25) is 5.88 Å². The van der Waals surface area contributed by atoms with Gasteiger partial charge in [-0.1, -0.05) is 18.9 Å². The van der Waals surface area contributed by atoms with E-state index in [0.29, 0.717) is 11.6 Å². The Morgan fingerprint density at radius 3 is 2.62 bits per heavy atom. The molecule has 154 valence electrons. The molecule has 1 aromatic heterocycles. The third-order valence-electron chi connectivity index (χ3n) is 4.49. The van der Waals surface area contributed by atoms with Crippen LogP contribution < -0.4 is 10.1 Å². The summed E-state index contributed by atoms with van der Waals surface area (Å²) in [4.78, 5) is 21.4. The van der Waals surface area contributed by atoms with Crippen molar-refractivity contribution in [2.75, 3.05) is 12.8 Å². The Morgan fingerprint density at radius 2 is 1.97 bits per heavy atom. The molecule has 1 saturated carbocycles. The van der Waals surface area contributed by atoms with Gasteiger partial charge in [0.1, 0.15) is 23.0 Å². The van der Waals surface area contributed by atoms with Gasteiger partial charge in [-0.15, -0.1) is 0 Å². The number of hydrogen-bond donors (Lipinski definition) is 1. The van der Waals surface area contributed by atoms with Crippen molar-refractivity contribution in [3.05, 3.63) is 59.2 Å². The van der Waals surface area contributed by atoms with Crippen molar-refractivity contribution >= 4 is 15.7 Å². The van der Waals surface area contributed by atoms with E-state index in [9.17, 15) is 17.6 Å². The summed E-state index contributed by atoms with van der Waals surface area (Å²) in [6.45, 7) is 0.0201. The van der Waals surface area contributed by atoms with Crippen molar-refractivity contribution in [1.82, 2.24) is 15.3 Å². The summed E-state index contributed by atoms with van der Waals surface area (Å²) in [5.41, 5.74) is 0.115. The van der Waals surface area contributed by atoms with Gasteiger partial charge in [-0.25, -0.2) is 17.8 Å². The Morgan fingerprint density at radius 1 is 1.28 bits per heavy atom. The number of amides is 1. The molecule has 1 fully saturated rings. The van der Waals surface area contributed by atoms with Crippen LogP contribution in [0.25, 0.3) is 0 Å². The van der Waals surface area contributed by atoms with Crippen LogP contribution in [0.15, 0.2) is 41.9 Å². The minimum absolute atomic E-state index is 0.0201. The number of aromatic nitrogens is 2. The SMILES string of the molecule is CS(=O)(=O)/C=C/CNC(=O)c1cnc(C2CCCC2)nc1Oc1ccc(F)cc1. The van der Waals surface area contributed by atoms with Gasteiger partial charge in [0, 0.05) is 30.3 Å². The Labute approximate surface area is 168 Å². The Hall–Kier alpha value is -2.81. The van der Waals surface area contributed by atoms with Gasteiger partial charge in [0.15, 0.2) is 9.84 Å². The predicted octanol–water partition coefficient (Wildman–Crippen LogP) is 3.35. The summed E-state index contributed by atoms with van der Waals surface area (Å²) in [5.74, 6) is 0.362. The van der Waals surface area contributed by atoms with E-state index in [4.69, 9.17) is 4.74 Å². The smallest absolute Gasteiger partial charge is 0.258 e. The first-order valence-corrected chi connectivity index (χ1v) is 11.2. The lowest BCUT2D eigenvalue weighted by molar-refractivity contribution is 0.0954. The van der Waals surface area contributed by atoms with Gasteiger partial charge in [-0.2, -0.15) is 4.98 Å². The van der Waals surface area contributed by atoms with Gasteiger partial charge in [0.05, 0.1) is 0 Å². The normalized spacial score (nSPS) is 15.0. The number of rotatable bonds is 7. The molecular formula is C20H22FN3O4S. The zero-order valence-corrected chi connectivity index (χ0v) is 16.8. The maximum atomic E-state index is 13.2. The van der Waals surface area contributed by atoms with Gasteiger partial charge >= 0.3 is 0 Å². The topological polar surface area (TPSA) is 98.2 Å². The second kappa shape index (κ2) is 9.13. The third kappa shape index (κ3) is 6.08. The van der Waals surface area contributed by atoms with Crippen LogP contribution in [0.3, 0.4) is 0 Å². The summed E-state index contributed by atoms with van der Waals surface area (Å²) in [6.07, 6.45) is 8.00. The van der Waals surface area contributed by atoms with Gasteiger partial charge in [0.25, 0.3) is 5.91 Å². The van der Waals surface area contributed by atoms with Crippen LogP contribution in [0, 0.1) is 5.82 Å². The van der Waals surface area contributed by atoms with Crippen LogP contribution in [-0.4, -0.2) is 37.1 Å². The van der Waals surface area contributed by atoms with E-state index in [2.05, 4.69) is 15.3 Å². The fourth-order valence-corrected chi connectivity index (χ4v) is 3.52. The summed E-state index contributed by atoms with van der Waals surface area (Å²) < 4.78 is 41.2. The molecule has 1 heterocycles. The molecule has 0 unspecified atom stereocenters. The lowest BCUT2D eigenvalue weighted by Gasteiger charge is -2.13. The van der Waals surface area contributed by atoms with Crippen LogP contribution in [0.4, 0.5) is 4.39 Å². The maximum Gasteiger partial charge on any atom is 0.258 e. The van der Waals surface area contributed by atoms with Crippen LogP contribution >= 0.6 is 0 Å². The number of nitrogens with zero attached hydrogens (tertiary/aromatic N) is 2. The molecule has 1 aromatic carbocycles. The standard InChI is InChI=1S/C20H22FN3O4S/c1-29(26,27)12-4-11-22-19(25)17-13-23-18(14-5-2-3-6-14)24-20(17)28-16-9-7-15(21)8-10-16/h4,7-10,12-14H,2-3,5-6,11H2,1H3,(H,22,25)/b12-4+. The molecular weight excluding hydrogens is 397 g/mol. The first kappa shape index (κ1) is 20.9. The van der Waals surface area contributed by atoms with Crippen molar-refractivity contribution in [2.45, 2.75) is 31.6 Å². The molecule has 7 nitrogen and oxygen atoms in total. The number of hydrogen-bond acceptors (Lipinski definition) is 6. The van der Waals surface area contributed by atoms with Crippen molar-refractivity contribution in [2.24, 2.45) is 0 Å². The van der Waals surface area contributed by atoms with Crippen molar-refractivity contribution in [1.29, 1.82) is 0 Å². The summed E-state index contributed by atoms with van der Waals surface area (Å²) in [6, 6.07) is 5.40. The molecule has 0 saturated heterocycles. The minimum atomic E-state index is -3.27. The van der Waals surface area contributed by atoms with E-state index in [0.717, 1.165) is 37.3 Å². The molecule has 3 rings (SSSR count). The predicted molar refractivity (Wildman–Crippen MR) is 106 cm³/mol. The van der Waals surface area contributed by atoms with E-state index in [1.54, 1.807) is 0 Å². The largest absolute Gasteiger partial charge is 0.438 e. The molecule has 0 atom stereocenters. The van der Waals surface area contributed by atoms with Crippen LogP contribution in [0.1, 0.15) is 47.8 Å². The first-order chi connectivity index (χ1) is 13.8. The zero-order valence-electron chi connectivity index (χ0n) is 16.0. The number of benzene rings is 1. The molecule has 0 aliphatic heterocycles. The van der Waals surface area contributed by atoms with Crippen molar-refractivity contribution < 1.29 is 22.3 Å². The first-order valence-electron chi connectivity index (χ1n) is 9.27. The fourth-order valence-electron chi connectivity index (χ4n) is 3.08. The molecule has 1 aliphatic carbocycles. The van der Waals surface area contributed by atoms with Crippen LogP contribution in [0.5, 0.6) is 11.6 Å². The van der Waals surface area contributed by atoms with Crippen molar-refractivity contribution in [3.8, 4) is 11.6 Å². The number of ether oxygens (including phenoxy) is 1. The Kier molecular flexibility index (Phi) is 6.58. The van der Waals surface area contributed by atoms with Gasteiger partial charge < -0.3 is 10.1 Å². The summed E-state index contributed by atoms with van der Waals surface area (Å²) >= 11 is 0. The van der Waals surface area contributed by atoms with Gasteiger partial charge in [-0.05, 0) is 37.1 Å². The Balaban J connectivity index is 1.82. The van der Waals surface area contributed by atoms with E-state index in [1.807, 2.05) is 0 Å². The number of carbonyl (C=O) groups excluding carboxylic acids is 1. The molecule has 1 aliphatic rings. The third-order valence-corrected chi connectivity index (χ3v) is 5.18. The van der Waals surface area contributed by atoms with E-state index >= 15 is 0 Å². The van der Waals surface area contributed by atoms with E-state index in [1.165, 1.54) is 36.5 Å². The molecule has 29 heavy (non-hydrogen) atoms. The molecule has 0 spiro atoms. The van der Waals surface area contributed by atoms with Crippen molar-refractivity contribution in [3.63, 3.8) is 0 Å². The van der Waals surface area contributed by atoms with E-state index < -0.39 is 21.6 Å². The molecule has 1 amide bonds. The molecule has 0 radical (unpaired) electrons. The quantitative estimate of drug-likeness (QED) is 0.739. The molecule has 2 aromatic rings. The molecule has 1 N–H and O–H groups in total. The molecule has 9 heteroatoms. The second-order valence-corrected chi connectivity index (χ2v) is 8.83. The highest BCUT2D eigenvalue weighted by Gasteiger charge is 2.23. The number of nitrogens with one attached hydrogen (secondary N) is 1. The zero-order chi connectivity index (χ0) is 20.9. The fraction of sp³-hybridized carbons (Fsp3) is 0.350. The lowest BCUT2D eigenvalue weighted by Crippen LogP contribution is -2.25. The van der Waals surface area contributed by atoms with Crippen LogP contribution in [0.2, 0.25) is 0 Å². The second-order valence-electron chi connectivity index (χ2n) is 6.90. The summed E-state index contributed by atoms with van der Waals surface area (Å²) in [7, 11) is -3.27. The number of sulfone groups is 1. The van der Waals surface area contributed by atoms with Gasteiger partial charge in [-0.3, -0.25) is 4.79 Å². The average molecular weight is 419 g/mol. The number of carbonyl (C=O) groups is 1. The van der Waals surface area contributed by atoms with Crippen LogP contribution in [-0.2, 0) is 9.84 Å².